The van der Waals surface area contributed by atoms with Crippen molar-refractivity contribution in [1.29, 1.82) is 0 Å². The minimum Gasteiger partial charge on any atom is -0.325 e. The number of carbonyl (C=O) groups excluding carboxylic acids is 1. The third-order valence-electron chi connectivity index (χ3n) is 3.19. The lowest BCUT2D eigenvalue weighted by atomic mass is 10.1. The van der Waals surface area contributed by atoms with Crippen LogP contribution < -0.4 is 10.6 Å². The summed E-state index contributed by atoms with van der Waals surface area (Å²) in [6, 6.07) is 8.35. The molecular formula is C15H17N3OS. The third-order valence-corrected chi connectivity index (χ3v) is 3.96. The number of nitrogens with one attached hydrogen (secondary N) is 2. The molecule has 1 aromatic carbocycles. The maximum absolute atomic E-state index is 11.8. The molecule has 1 aliphatic rings. The number of amides is 1. The van der Waals surface area contributed by atoms with Gasteiger partial charge in [-0.3, -0.25) is 4.79 Å². The summed E-state index contributed by atoms with van der Waals surface area (Å²) in [5.41, 5.74) is 2.80. The monoisotopic (exact) mass is 287 g/mol. The Morgan fingerprint density at radius 1 is 1.45 bits per heavy atom. The van der Waals surface area contributed by atoms with Crippen LogP contribution in [0.4, 0.5) is 5.69 Å². The van der Waals surface area contributed by atoms with Crippen LogP contribution in [0, 0.1) is 6.92 Å². The molecule has 1 aromatic heterocycles. The Morgan fingerprint density at radius 2 is 2.30 bits per heavy atom. The van der Waals surface area contributed by atoms with Gasteiger partial charge in [-0.25, -0.2) is 4.98 Å². The topological polar surface area (TPSA) is 54.0 Å². The van der Waals surface area contributed by atoms with Crippen LogP contribution in [0.5, 0.6) is 0 Å². The zero-order chi connectivity index (χ0) is 13.9. The van der Waals surface area contributed by atoms with Gasteiger partial charge in [-0.15, -0.1) is 11.3 Å². The summed E-state index contributed by atoms with van der Waals surface area (Å²) < 4.78 is 0. The van der Waals surface area contributed by atoms with Crippen molar-refractivity contribution in [3.05, 3.63) is 34.7 Å². The second kappa shape index (κ2) is 5.73. The van der Waals surface area contributed by atoms with Crippen molar-refractivity contribution in [2.45, 2.75) is 25.8 Å². The molecule has 2 N–H and O–H groups in total. The Labute approximate surface area is 122 Å². The number of anilines is 1. The highest BCUT2D eigenvalue weighted by molar-refractivity contribution is 7.09. The normalized spacial score (nSPS) is 14.2. The van der Waals surface area contributed by atoms with E-state index in [-0.39, 0.29) is 5.91 Å². The molecular weight excluding hydrogens is 270 g/mol. The van der Waals surface area contributed by atoms with E-state index in [1.165, 1.54) is 12.8 Å². The van der Waals surface area contributed by atoms with E-state index >= 15 is 0 Å². The average Bonchev–Trinajstić information content (AvgIpc) is 3.17. The fraction of sp³-hybridized carbons (Fsp3) is 0.333. The predicted molar refractivity (Wildman–Crippen MR) is 81.9 cm³/mol. The van der Waals surface area contributed by atoms with E-state index in [0.717, 1.165) is 22.0 Å². The van der Waals surface area contributed by atoms with Gasteiger partial charge in [-0.05, 0) is 31.9 Å². The molecule has 3 rings (SSSR count). The lowest BCUT2D eigenvalue weighted by Gasteiger charge is -2.07. The number of thiazole rings is 1. The van der Waals surface area contributed by atoms with E-state index in [0.29, 0.717) is 12.6 Å². The van der Waals surface area contributed by atoms with Crippen molar-refractivity contribution in [1.82, 2.24) is 10.3 Å². The van der Waals surface area contributed by atoms with Crippen molar-refractivity contribution >= 4 is 22.9 Å². The van der Waals surface area contributed by atoms with Crippen LogP contribution in [-0.2, 0) is 4.79 Å². The Bertz CT molecular complexity index is 619. The zero-order valence-corrected chi connectivity index (χ0v) is 12.2. The highest BCUT2D eigenvalue weighted by Crippen LogP contribution is 2.24. The number of carbonyl (C=O) groups is 1. The van der Waals surface area contributed by atoms with Crippen molar-refractivity contribution in [2.75, 3.05) is 11.9 Å². The van der Waals surface area contributed by atoms with Gasteiger partial charge in [0.2, 0.25) is 5.91 Å². The predicted octanol–water partition coefficient (Wildman–Crippen LogP) is 2.81. The van der Waals surface area contributed by atoms with Gasteiger partial charge in [0.1, 0.15) is 0 Å². The molecule has 1 heterocycles. The van der Waals surface area contributed by atoms with E-state index < -0.39 is 0 Å². The molecule has 2 aromatic rings. The van der Waals surface area contributed by atoms with E-state index in [9.17, 15) is 4.79 Å². The number of nitrogens with zero attached hydrogens (tertiary/aromatic N) is 1. The molecule has 0 unspecified atom stereocenters. The number of benzene rings is 1. The molecule has 104 valence electrons. The van der Waals surface area contributed by atoms with Gasteiger partial charge in [0.05, 0.1) is 17.2 Å². The summed E-state index contributed by atoms with van der Waals surface area (Å²) in [6.07, 6.45) is 2.37. The van der Waals surface area contributed by atoms with Gasteiger partial charge in [-0.1, -0.05) is 12.1 Å². The summed E-state index contributed by atoms with van der Waals surface area (Å²) in [5.74, 6) is 0.00325. The van der Waals surface area contributed by atoms with E-state index in [4.69, 9.17) is 0 Å². The highest BCUT2D eigenvalue weighted by atomic mass is 32.1. The molecule has 0 aliphatic heterocycles. The second-order valence-corrected chi connectivity index (χ2v) is 6.10. The molecule has 0 saturated heterocycles. The van der Waals surface area contributed by atoms with E-state index in [1.54, 1.807) is 11.3 Å². The number of hydrogen-bond donors (Lipinski definition) is 2. The van der Waals surface area contributed by atoms with E-state index in [2.05, 4.69) is 15.6 Å². The number of aryl methyl sites for hydroxylation is 1. The smallest absolute Gasteiger partial charge is 0.238 e. The first-order chi connectivity index (χ1) is 9.70. The van der Waals surface area contributed by atoms with Crippen LogP contribution >= 0.6 is 11.3 Å². The lowest BCUT2D eigenvalue weighted by Crippen LogP contribution is -2.29. The van der Waals surface area contributed by atoms with Crippen LogP contribution in [0.15, 0.2) is 29.6 Å². The molecule has 0 radical (unpaired) electrons. The first-order valence-electron chi connectivity index (χ1n) is 6.76. The van der Waals surface area contributed by atoms with Crippen LogP contribution in [0.25, 0.3) is 11.3 Å². The Hall–Kier alpha value is -1.72. The zero-order valence-electron chi connectivity index (χ0n) is 11.3. The van der Waals surface area contributed by atoms with Gasteiger partial charge in [0.15, 0.2) is 0 Å². The van der Waals surface area contributed by atoms with E-state index in [1.807, 2.05) is 36.6 Å². The van der Waals surface area contributed by atoms with Gasteiger partial charge >= 0.3 is 0 Å². The van der Waals surface area contributed by atoms with Crippen molar-refractivity contribution in [3.8, 4) is 11.3 Å². The summed E-state index contributed by atoms with van der Waals surface area (Å²) in [6.45, 7) is 2.37. The molecule has 0 atom stereocenters. The minimum absolute atomic E-state index is 0.00325. The summed E-state index contributed by atoms with van der Waals surface area (Å²) in [7, 11) is 0. The fourth-order valence-corrected chi connectivity index (χ4v) is 2.60. The van der Waals surface area contributed by atoms with Gasteiger partial charge in [0.25, 0.3) is 0 Å². The number of aromatic nitrogens is 1. The van der Waals surface area contributed by atoms with Crippen LogP contribution in [-0.4, -0.2) is 23.5 Å². The number of hydrogen-bond acceptors (Lipinski definition) is 4. The molecule has 0 spiro atoms. The summed E-state index contributed by atoms with van der Waals surface area (Å²) >= 11 is 1.63. The van der Waals surface area contributed by atoms with Gasteiger partial charge in [0, 0.05) is 22.7 Å². The average molecular weight is 287 g/mol. The summed E-state index contributed by atoms with van der Waals surface area (Å²) in [4.78, 5) is 16.3. The Balaban J connectivity index is 1.65. The van der Waals surface area contributed by atoms with Crippen LogP contribution in [0.1, 0.15) is 17.8 Å². The maximum atomic E-state index is 11.8. The SMILES string of the molecule is Cc1nc(-c2cccc(NC(=O)CNC3CC3)c2)cs1. The van der Waals surface area contributed by atoms with Gasteiger partial charge in [-0.2, -0.15) is 0 Å². The standard InChI is InChI=1S/C15H17N3OS/c1-10-17-14(9-20-10)11-3-2-4-13(7-11)18-15(19)8-16-12-5-6-12/h2-4,7,9,12,16H,5-6,8H2,1H3,(H,18,19). The lowest BCUT2D eigenvalue weighted by molar-refractivity contribution is -0.115. The minimum atomic E-state index is 0.00325. The number of rotatable bonds is 5. The largest absolute Gasteiger partial charge is 0.325 e. The summed E-state index contributed by atoms with van der Waals surface area (Å²) in [5, 5.41) is 9.20. The molecule has 5 heteroatoms. The maximum Gasteiger partial charge on any atom is 0.238 e. The Morgan fingerprint density at radius 3 is 3.00 bits per heavy atom. The molecule has 1 amide bonds. The molecule has 1 saturated carbocycles. The van der Waals surface area contributed by atoms with Crippen molar-refractivity contribution < 1.29 is 4.79 Å². The fourth-order valence-electron chi connectivity index (χ4n) is 1.98. The third kappa shape index (κ3) is 3.43. The Kier molecular flexibility index (Phi) is 3.80. The first-order valence-corrected chi connectivity index (χ1v) is 7.64. The van der Waals surface area contributed by atoms with Crippen molar-refractivity contribution in [3.63, 3.8) is 0 Å². The van der Waals surface area contributed by atoms with Crippen LogP contribution in [0.3, 0.4) is 0 Å². The van der Waals surface area contributed by atoms with Crippen molar-refractivity contribution in [2.24, 2.45) is 0 Å². The molecule has 4 nitrogen and oxygen atoms in total. The van der Waals surface area contributed by atoms with Crippen LogP contribution in [0.2, 0.25) is 0 Å². The highest BCUT2D eigenvalue weighted by Gasteiger charge is 2.21. The molecule has 1 aliphatic carbocycles. The first kappa shape index (κ1) is 13.3. The van der Waals surface area contributed by atoms with Gasteiger partial charge < -0.3 is 10.6 Å². The molecule has 20 heavy (non-hydrogen) atoms. The second-order valence-electron chi connectivity index (χ2n) is 5.04. The molecule has 0 bridgehead atoms. The quantitative estimate of drug-likeness (QED) is 0.889. The molecule has 1 fully saturated rings.